The fourth-order valence-electron chi connectivity index (χ4n) is 2.34. The highest BCUT2D eigenvalue weighted by Crippen LogP contribution is 2.26. The molecule has 1 atom stereocenters. The van der Waals surface area contributed by atoms with Crippen LogP contribution in [0.4, 0.5) is 0 Å². The van der Waals surface area contributed by atoms with E-state index in [0.29, 0.717) is 6.61 Å². The van der Waals surface area contributed by atoms with Gasteiger partial charge >= 0.3 is 0 Å². The second-order valence-corrected chi connectivity index (χ2v) is 4.61. The van der Waals surface area contributed by atoms with Gasteiger partial charge in [0.05, 0.1) is 24.4 Å². The molecule has 20 heavy (non-hydrogen) atoms. The zero-order valence-corrected chi connectivity index (χ0v) is 11.4. The first-order valence-electron chi connectivity index (χ1n) is 6.70. The molecule has 3 rings (SSSR count). The molecule has 0 radical (unpaired) electrons. The molecule has 0 aliphatic carbocycles. The van der Waals surface area contributed by atoms with Crippen molar-refractivity contribution >= 4 is 5.52 Å². The van der Waals surface area contributed by atoms with E-state index in [-0.39, 0.29) is 6.04 Å². The summed E-state index contributed by atoms with van der Waals surface area (Å²) in [4.78, 5) is 0. The van der Waals surface area contributed by atoms with Crippen molar-refractivity contribution in [1.29, 1.82) is 0 Å². The number of nitrogens with two attached hydrogens (primary N) is 1. The van der Waals surface area contributed by atoms with Crippen molar-refractivity contribution in [2.24, 2.45) is 5.73 Å². The Labute approximate surface area is 117 Å². The van der Waals surface area contributed by atoms with Crippen molar-refractivity contribution in [3.05, 3.63) is 66.0 Å². The molecule has 102 valence electrons. The van der Waals surface area contributed by atoms with E-state index in [1.165, 1.54) is 0 Å². The quantitative estimate of drug-likeness (QED) is 0.790. The van der Waals surface area contributed by atoms with Crippen LogP contribution in [0.15, 0.2) is 54.9 Å². The maximum atomic E-state index is 6.38. The lowest BCUT2D eigenvalue weighted by Crippen LogP contribution is -2.11. The first-order chi connectivity index (χ1) is 9.79. The van der Waals surface area contributed by atoms with Crippen LogP contribution in [0.1, 0.15) is 24.1 Å². The molecule has 2 heterocycles. The topological polar surface area (TPSA) is 52.5 Å². The van der Waals surface area contributed by atoms with Gasteiger partial charge in [0.25, 0.3) is 0 Å². The summed E-state index contributed by atoms with van der Waals surface area (Å²) in [6.45, 7) is 2.62. The maximum absolute atomic E-state index is 6.38. The third-order valence-electron chi connectivity index (χ3n) is 3.32. The Morgan fingerprint density at radius 2 is 2.15 bits per heavy atom. The number of rotatable bonds is 4. The van der Waals surface area contributed by atoms with Gasteiger partial charge in [-0.05, 0) is 36.8 Å². The summed E-state index contributed by atoms with van der Waals surface area (Å²) in [6, 6.07) is 13.7. The molecular weight excluding hydrogens is 250 g/mol. The van der Waals surface area contributed by atoms with Crippen LogP contribution in [0, 0.1) is 0 Å². The second-order valence-electron chi connectivity index (χ2n) is 4.61. The van der Waals surface area contributed by atoms with Crippen LogP contribution >= 0.6 is 0 Å². The Bertz CT molecular complexity index is 720. The highest BCUT2D eigenvalue weighted by atomic mass is 16.5. The maximum Gasteiger partial charge on any atom is 0.119 e. The number of ether oxygens (including phenoxy) is 1. The predicted octanol–water partition coefficient (Wildman–Crippen LogP) is 2.78. The van der Waals surface area contributed by atoms with Gasteiger partial charge in [0.2, 0.25) is 0 Å². The second kappa shape index (κ2) is 5.35. The van der Waals surface area contributed by atoms with Gasteiger partial charge in [-0.1, -0.05) is 18.2 Å². The lowest BCUT2D eigenvalue weighted by atomic mass is 10.0. The molecule has 0 saturated heterocycles. The highest BCUT2D eigenvalue weighted by molar-refractivity contribution is 5.57. The van der Waals surface area contributed by atoms with Crippen LogP contribution in [0.5, 0.6) is 5.75 Å². The van der Waals surface area contributed by atoms with E-state index in [1.807, 2.05) is 66.3 Å². The molecule has 1 unspecified atom stereocenters. The number of fused-ring (bicyclic) bond motifs is 1. The number of benzene rings is 1. The van der Waals surface area contributed by atoms with Crippen molar-refractivity contribution in [3.63, 3.8) is 0 Å². The van der Waals surface area contributed by atoms with Gasteiger partial charge < -0.3 is 10.5 Å². The molecular formula is C16H17N3O. The van der Waals surface area contributed by atoms with Gasteiger partial charge in [0.15, 0.2) is 0 Å². The molecule has 0 aliphatic heterocycles. The fourth-order valence-corrected chi connectivity index (χ4v) is 2.34. The smallest absolute Gasteiger partial charge is 0.119 e. The highest BCUT2D eigenvalue weighted by Gasteiger charge is 2.14. The summed E-state index contributed by atoms with van der Waals surface area (Å²) in [7, 11) is 0. The lowest BCUT2D eigenvalue weighted by molar-refractivity contribution is 0.340. The van der Waals surface area contributed by atoms with Gasteiger partial charge in [0.1, 0.15) is 5.75 Å². The lowest BCUT2D eigenvalue weighted by Gasteiger charge is -2.12. The molecule has 0 spiro atoms. The van der Waals surface area contributed by atoms with Crippen LogP contribution in [-0.4, -0.2) is 16.2 Å². The van der Waals surface area contributed by atoms with Gasteiger partial charge in [-0.3, -0.25) is 0 Å². The van der Waals surface area contributed by atoms with Gasteiger partial charge in [0, 0.05) is 11.8 Å². The molecule has 4 nitrogen and oxygen atoms in total. The summed E-state index contributed by atoms with van der Waals surface area (Å²) < 4.78 is 7.36. The number of hydrogen-bond donors (Lipinski definition) is 1. The first-order valence-corrected chi connectivity index (χ1v) is 6.70. The summed E-state index contributed by atoms with van der Waals surface area (Å²) in [5, 5.41) is 4.33. The largest absolute Gasteiger partial charge is 0.494 e. The fraction of sp³-hybridized carbons (Fsp3) is 0.188. The van der Waals surface area contributed by atoms with E-state index in [9.17, 15) is 0 Å². The van der Waals surface area contributed by atoms with E-state index in [4.69, 9.17) is 10.5 Å². The minimum atomic E-state index is -0.213. The zero-order chi connectivity index (χ0) is 13.9. The average Bonchev–Trinajstić information content (AvgIpc) is 2.91. The number of aromatic nitrogens is 2. The molecule has 2 N–H and O–H groups in total. The predicted molar refractivity (Wildman–Crippen MR) is 78.8 cm³/mol. The average molecular weight is 267 g/mol. The molecule has 1 aromatic carbocycles. The summed E-state index contributed by atoms with van der Waals surface area (Å²) in [5.74, 6) is 0.844. The number of pyridine rings is 1. The van der Waals surface area contributed by atoms with Crippen molar-refractivity contribution < 1.29 is 4.74 Å². The molecule has 0 aliphatic rings. The Morgan fingerprint density at radius 3 is 3.00 bits per heavy atom. The van der Waals surface area contributed by atoms with Crippen molar-refractivity contribution in [2.75, 3.05) is 6.61 Å². The zero-order valence-electron chi connectivity index (χ0n) is 11.4. The Morgan fingerprint density at radius 1 is 1.25 bits per heavy atom. The molecule has 4 heteroatoms. The molecule has 0 fully saturated rings. The van der Waals surface area contributed by atoms with Crippen molar-refractivity contribution in [3.8, 4) is 5.75 Å². The van der Waals surface area contributed by atoms with E-state index in [0.717, 1.165) is 22.4 Å². The Hall–Kier alpha value is -2.33. The third kappa shape index (κ3) is 2.26. The molecule has 2 aromatic heterocycles. The van der Waals surface area contributed by atoms with Crippen LogP contribution in [0.25, 0.3) is 5.52 Å². The standard InChI is InChI=1S/C16H17N3O/c1-2-20-13-7-5-6-12(10-13)16(17)14-11-18-19-9-4-3-8-15(14)19/h3-11,16H,2,17H2,1H3. The Balaban J connectivity index is 1.99. The van der Waals surface area contributed by atoms with Crippen LogP contribution in [0.3, 0.4) is 0 Å². The van der Waals surface area contributed by atoms with Crippen LogP contribution in [-0.2, 0) is 0 Å². The van der Waals surface area contributed by atoms with E-state index in [2.05, 4.69) is 5.10 Å². The molecule has 0 saturated carbocycles. The first kappa shape index (κ1) is 12.7. The van der Waals surface area contributed by atoms with Crippen molar-refractivity contribution in [2.45, 2.75) is 13.0 Å². The van der Waals surface area contributed by atoms with Gasteiger partial charge in [-0.15, -0.1) is 0 Å². The summed E-state index contributed by atoms with van der Waals surface area (Å²) >= 11 is 0. The third-order valence-corrected chi connectivity index (χ3v) is 3.32. The summed E-state index contributed by atoms with van der Waals surface area (Å²) in [6.07, 6.45) is 3.75. The van der Waals surface area contributed by atoms with Gasteiger partial charge in [-0.2, -0.15) is 5.10 Å². The summed E-state index contributed by atoms with van der Waals surface area (Å²) in [5.41, 5.74) is 9.45. The van der Waals surface area contributed by atoms with E-state index in [1.54, 1.807) is 0 Å². The molecule has 3 aromatic rings. The number of hydrogen-bond acceptors (Lipinski definition) is 3. The monoisotopic (exact) mass is 267 g/mol. The van der Waals surface area contributed by atoms with E-state index >= 15 is 0 Å². The van der Waals surface area contributed by atoms with Crippen LogP contribution < -0.4 is 10.5 Å². The minimum Gasteiger partial charge on any atom is -0.494 e. The van der Waals surface area contributed by atoms with Crippen LogP contribution in [0.2, 0.25) is 0 Å². The molecule has 0 bridgehead atoms. The minimum absolute atomic E-state index is 0.213. The van der Waals surface area contributed by atoms with Gasteiger partial charge in [-0.25, -0.2) is 4.52 Å². The SMILES string of the molecule is CCOc1cccc(C(N)c2cnn3ccccc23)c1. The molecule has 0 amide bonds. The van der Waals surface area contributed by atoms with Crippen molar-refractivity contribution in [1.82, 2.24) is 9.61 Å². The van der Waals surface area contributed by atoms with E-state index < -0.39 is 0 Å². The Kier molecular flexibility index (Phi) is 3.39. The number of nitrogens with zero attached hydrogens (tertiary/aromatic N) is 2. The normalized spacial score (nSPS) is 12.5.